The molecule has 0 aliphatic carbocycles. The number of nitrogens with one attached hydrogen (secondary N) is 1. The van der Waals surface area contributed by atoms with E-state index in [4.69, 9.17) is 0 Å². The molecule has 0 aliphatic heterocycles. The summed E-state index contributed by atoms with van der Waals surface area (Å²) in [5.41, 5.74) is 3.77. The van der Waals surface area contributed by atoms with E-state index in [0.717, 1.165) is 36.8 Å². The van der Waals surface area contributed by atoms with Crippen LogP contribution in [0.4, 0.5) is 8.78 Å². The molecule has 114 valence electrons. The molecule has 2 rings (SSSR count). The molecule has 5 heteroatoms. The van der Waals surface area contributed by atoms with E-state index in [1.807, 2.05) is 11.7 Å². The minimum atomic E-state index is -0.558. The molecule has 1 N–H and O–H groups in total. The number of aryl methyl sites for hydroxylation is 1. The monoisotopic (exact) mass is 293 g/mol. The van der Waals surface area contributed by atoms with Crippen LogP contribution in [-0.4, -0.2) is 16.8 Å². The van der Waals surface area contributed by atoms with Gasteiger partial charge in [-0.25, -0.2) is 8.78 Å². The first kappa shape index (κ1) is 15.6. The van der Waals surface area contributed by atoms with E-state index in [1.165, 1.54) is 17.7 Å². The maximum Gasteiger partial charge on any atom is 0.131 e. The highest BCUT2D eigenvalue weighted by molar-refractivity contribution is 5.28. The normalized spacial score (nSPS) is 11.1. The highest BCUT2D eigenvalue weighted by Crippen LogP contribution is 2.19. The summed E-state index contributed by atoms with van der Waals surface area (Å²) in [6.07, 6.45) is 1.66. The predicted octanol–water partition coefficient (Wildman–Crippen LogP) is 3.05. The minimum absolute atomic E-state index is 0.325. The van der Waals surface area contributed by atoms with E-state index in [2.05, 4.69) is 24.3 Å². The van der Waals surface area contributed by atoms with Crippen LogP contribution in [0.1, 0.15) is 36.4 Å². The van der Waals surface area contributed by atoms with Gasteiger partial charge in [0.2, 0.25) is 0 Å². The Hall–Kier alpha value is -1.75. The van der Waals surface area contributed by atoms with Gasteiger partial charge < -0.3 is 5.32 Å². The SMILES string of the molecule is CCc1nn(Cc2ccc(F)cc2F)c(CC)c1CNC. The molecule has 2 aromatic rings. The van der Waals surface area contributed by atoms with Gasteiger partial charge in [-0.15, -0.1) is 0 Å². The summed E-state index contributed by atoms with van der Waals surface area (Å²) in [6, 6.07) is 3.68. The summed E-state index contributed by atoms with van der Waals surface area (Å²) in [5, 5.41) is 7.75. The number of hydrogen-bond acceptors (Lipinski definition) is 2. The molecule has 0 aliphatic rings. The molecule has 0 spiro atoms. The average molecular weight is 293 g/mol. The van der Waals surface area contributed by atoms with Crippen molar-refractivity contribution in [3.05, 3.63) is 52.3 Å². The molecule has 0 unspecified atom stereocenters. The van der Waals surface area contributed by atoms with Crippen molar-refractivity contribution in [2.45, 2.75) is 39.8 Å². The van der Waals surface area contributed by atoms with Crippen LogP contribution >= 0.6 is 0 Å². The lowest BCUT2D eigenvalue weighted by Gasteiger charge is -2.09. The minimum Gasteiger partial charge on any atom is -0.316 e. The molecule has 1 heterocycles. The van der Waals surface area contributed by atoms with Crippen molar-refractivity contribution in [2.75, 3.05) is 7.05 Å². The van der Waals surface area contributed by atoms with Crippen molar-refractivity contribution in [3.8, 4) is 0 Å². The number of benzene rings is 1. The Morgan fingerprint density at radius 2 is 1.95 bits per heavy atom. The van der Waals surface area contributed by atoms with Gasteiger partial charge in [-0.2, -0.15) is 5.10 Å². The van der Waals surface area contributed by atoms with Gasteiger partial charge >= 0.3 is 0 Å². The fraction of sp³-hybridized carbons (Fsp3) is 0.438. The molecule has 0 fully saturated rings. The molecule has 1 aromatic carbocycles. The van der Waals surface area contributed by atoms with Crippen LogP contribution in [0.25, 0.3) is 0 Å². The van der Waals surface area contributed by atoms with Crippen molar-refractivity contribution >= 4 is 0 Å². The van der Waals surface area contributed by atoms with Gasteiger partial charge in [0.05, 0.1) is 12.2 Å². The van der Waals surface area contributed by atoms with Gasteiger partial charge in [-0.1, -0.05) is 19.9 Å². The number of rotatable bonds is 6. The van der Waals surface area contributed by atoms with E-state index in [9.17, 15) is 8.78 Å². The van der Waals surface area contributed by atoms with Crippen molar-refractivity contribution in [1.29, 1.82) is 0 Å². The van der Waals surface area contributed by atoms with Crippen molar-refractivity contribution in [2.24, 2.45) is 0 Å². The van der Waals surface area contributed by atoms with Gasteiger partial charge in [0.15, 0.2) is 0 Å². The zero-order valence-electron chi connectivity index (χ0n) is 12.7. The van der Waals surface area contributed by atoms with Crippen molar-refractivity contribution in [1.82, 2.24) is 15.1 Å². The fourth-order valence-electron chi connectivity index (χ4n) is 2.59. The first-order valence-electron chi connectivity index (χ1n) is 7.26. The maximum atomic E-state index is 13.8. The van der Waals surface area contributed by atoms with Crippen LogP contribution in [0, 0.1) is 11.6 Å². The number of halogens is 2. The summed E-state index contributed by atoms with van der Waals surface area (Å²) < 4.78 is 28.6. The third-order valence-electron chi connectivity index (χ3n) is 3.61. The Morgan fingerprint density at radius 3 is 2.52 bits per heavy atom. The summed E-state index contributed by atoms with van der Waals surface area (Å²) >= 11 is 0. The van der Waals surface area contributed by atoms with Gasteiger partial charge in [-0.05, 0) is 26.0 Å². The number of aromatic nitrogens is 2. The lowest BCUT2D eigenvalue weighted by atomic mass is 10.1. The van der Waals surface area contributed by atoms with Gasteiger partial charge in [-0.3, -0.25) is 4.68 Å². The van der Waals surface area contributed by atoms with E-state index in [0.29, 0.717) is 12.1 Å². The first-order chi connectivity index (χ1) is 10.1. The van der Waals surface area contributed by atoms with Crippen LogP contribution in [0.15, 0.2) is 18.2 Å². The van der Waals surface area contributed by atoms with Crippen LogP contribution in [-0.2, 0) is 25.9 Å². The molecular weight excluding hydrogens is 272 g/mol. The Morgan fingerprint density at radius 1 is 1.19 bits per heavy atom. The highest BCUT2D eigenvalue weighted by Gasteiger charge is 2.16. The van der Waals surface area contributed by atoms with Gasteiger partial charge in [0.25, 0.3) is 0 Å². The highest BCUT2D eigenvalue weighted by atomic mass is 19.1. The van der Waals surface area contributed by atoms with Gasteiger partial charge in [0.1, 0.15) is 11.6 Å². The second-order valence-electron chi connectivity index (χ2n) is 5.00. The van der Waals surface area contributed by atoms with Crippen LogP contribution in [0.3, 0.4) is 0 Å². The number of hydrogen-bond donors (Lipinski definition) is 1. The summed E-state index contributed by atoms with van der Waals surface area (Å²) in [5.74, 6) is -1.08. The molecule has 0 atom stereocenters. The molecule has 0 saturated carbocycles. The topological polar surface area (TPSA) is 29.9 Å². The molecule has 0 radical (unpaired) electrons. The van der Waals surface area contributed by atoms with Crippen LogP contribution < -0.4 is 5.32 Å². The summed E-state index contributed by atoms with van der Waals surface area (Å²) in [4.78, 5) is 0. The van der Waals surface area contributed by atoms with Crippen molar-refractivity contribution < 1.29 is 8.78 Å². The third kappa shape index (κ3) is 3.29. The molecule has 0 saturated heterocycles. The summed E-state index contributed by atoms with van der Waals surface area (Å²) in [7, 11) is 1.90. The molecule has 3 nitrogen and oxygen atoms in total. The largest absolute Gasteiger partial charge is 0.316 e. The van der Waals surface area contributed by atoms with E-state index < -0.39 is 11.6 Å². The molecule has 21 heavy (non-hydrogen) atoms. The molecule has 1 aromatic heterocycles. The number of nitrogens with zero attached hydrogens (tertiary/aromatic N) is 2. The second kappa shape index (κ2) is 6.80. The smallest absolute Gasteiger partial charge is 0.131 e. The first-order valence-corrected chi connectivity index (χ1v) is 7.26. The summed E-state index contributed by atoms with van der Waals surface area (Å²) in [6.45, 7) is 5.20. The van der Waals surface area contributed by atoms with Crippen LogP contribution in [0.2, 0.25) is 0 Å². The van der Waals surface area contributed by atoms with E-state index >= 15 is 0 Å². The lowest BCUT2D eigenvalue weighted by Crippen LogP contribution is -2.11. The Balaban J connectivity index is 2.39. The molecule has 0 bridgehead atoms. The second-order valence-corrected chi connectivity index (χ2v) is 5.00. The quantitative estimate of drug-likeness (QED) is 0.887. The zero-order valence-corrected chi connectivity index (χ0v) is 12.7. The van der Waals surface area contributed by atoms with E-state index in [1.54, 1.807) is 0 Å². The Labute approximate surface area is 124 Å². The van der Waals surface area contributed by atoms with Crippen LogP contribution in [0.5, 0.6) is 0 Å². The zero-order chi connectivity index (χ0) is 15.4. The molecular formula is C16H21F2N3. The molecule has 0 amide bonds. The van der Waals surface area contributed by atoms with Crippen molar-refractivity contribution in [3.63, 3.8) is 0 Å². The predicted molar refractivity (Wildman–Crippen MR) is 79.2 cm³/mol. The lowest BCUT2D eigenvalue weighted by molar-refractivity contribution is 0.552. The Bertz CT molecular complexity index is 620. The van der Waals surface area contributed by atoms with E-state index in [-0.39, 0.29) is 0 Å². The third-order valence-corrected chi connectivity index (χ3v) is 3.61. The van der Waals surface area contributed by atoms with Gasteiger partial charge in [0, 0.05) is 29.4 Å². The maximum absolute atomic E-state index is 13.8. The standard InChI is InChI=1S/C16H21F2N3/c1-4-15-13(9-19-3)16(5-2)21(20-15)10-11-6-7-12(17)8-14(11)18/h6-8,19H,4-5,9-10H2,1-3H3. The fourth-order valence-corrected chi connectivity index (χ4v) is 2.59. The average Bonchev–Trinajstić information content (AvgIpc) is 2.79. The Kier molecular flexibility index (Phi) is 5.07.